The smallest absolute Gasteiger partial charge is 0.140 e. The molecule has 0 saturated carbocycles. The van der Waals surface area contributed by atoms with Gasteiger partial charge in [-0.05, 0) is 54.1 Å². The number of allylic oxidation sites excluding steroid dienone is 2. The summed E-state index contributed by atoms with van der Waals surface area (Å²) in [5.41, 5.74) is 8.49. The Kier molecular flexibility index (Phi) is 5.08. The number of nitrogens with zero attached hydrogens (tertiary/aromatic N) is 4. The Labute approximate surface area is 260 Å². The molecule has 2 atom stereocenters. The first-order valence-corrected chi connectivity index (χ1v) is 15.6. The van der Waals surface area contributed by atoms with E-state index >= 15 is 0 Å². The van der Waals surface area contributed by atoms with E-state index in [-0.39, 0.29) is 12.0 Å². The van der Waals surface area contributed by atoms with Crippen LogP contribution in [0.15, 0.2) is 158 Å². The molecule has 4 heteroatoms. The van der Waals surface area contributed by atoms with E-state index in [0.717, 1.165) is 28.4 Å². The highest BCUT2D eigenvalue weighted by Gasteiger charge is 2.40. The van der Waals surface area contributed by atoms with Crippen molar-refractivity contribution in [1.82, 2.24) is 14.1 Å². The van der Waals surface area contributed by atoms with E-state index in [2.05, 4.69) is 172 Å². The summed E-state index contributed by atoms with van der Waals surface area (Å²) >= 11 is 0. The minimum Gasteiger partial charge on any atom is -0.317 e. The highest BCUT2D eigenvalue weighted by Crippen LogP contribution is 2.52. The molecular weight excluding hydrogens is 548 g/mol. The van der Waals surface area contributed by atoms with Crippen LogP contribution in [0.1, 0.15) is 11.5 Å². The van der Waals surface area contributed by atoms with Crippen molar-refractivity contribution in [1.29, 1.82) is 0 Å². The topological polar surface area (TPSA) is 26.0 Å². The normalized spacial score (nSPS) is 17.1. The monoisotopic (exact) mass is 576 g/mol. The average molecular weight is 577 g/mol. The van der Waals surface area contributed by atoms with Gasteiger partial charge in [-0.15, -0.1) is 0 Å². The molecule has 2 unspecified atom stereocenters. The van der Waals surface area contributed by atoms with Crippen molar-refractivity contribution < 1.29 is 0 Å². The molecule has 2 aliphatic rings. The van der Waals surface area contributed by atoms with Crippen LogP contribution in [0.3, 0.4) is 0 Å². The van der Waals surface area contributed by atoms with Crippen LogP contribution < -0.4 is 4.90 Å². The number of benzene rings is 5. The van der Waals surface area contributed by atoms with Crippen molar-refractivity contribution in [3.63, 3.8) is 0 Å². The van der Waals surface area contributed by atoms with Gasteiger partial charge in [0, 0.05) is 33.2 Å². The molecule has 0 amide bonds. The molecule has 1 aliphatic carbocycles. The van der Waals surface area contributed by atoms with Gasteiger partial charge in [-0.3, -0.25) is 4.57 Å². The molecular formula is C41H28N4. The van der Waals surface area contributed by atoms with Crippen LogP contribution in [-0.4, -0.2) is 20.2 Å². The second kappa shape index (κ2) is 9.31. The fraction of sp³-hybridized carbons (Fsp3) is 0.0488. The Balaban J connectivity index is 1.26. The molecule has 0 saturated heterocycles. The molecule has 45 heavy (non-hydrogen) atoms. The van der Waals surface area contributed by atoms with Crippen molar-refractivity contribution in [2.24, 2.45) is 0 Å². The first-order valence-electron chi connectivity index (χ1n) is 15.6. The summed E-state index contributed by atoms with van der Waals surface area (Å²) < 4.78 is 4.71. The van der Waals surface area contributed by atoms with E-state index in [1.807, 2.05) is 0 Å². The van der Waals surface area contributed by atoms with E-state index in [4.69, 9.17) is 4.98 Å². The predicted octanol–water partition coefficient (Wildman–Crippen LogP) is 10.0. The maximum atomic E-state index is 5.46. The van der Waals surface area contributed by atoms with Gasteiger partial charge in [0.1, 0.15) is 11.6 Å². The number of anilines is 2. The average Bonchev–Trinajstić information content (AvgIpc) is 3.74. The van der Waals surface area contributed by atoms with Crippen molar-refractivity contribution in [3.05, 3.63) is 163 Å². The Hall–Kier alpha value is -5.87. The third-order valence-corrected chi connectivity index (χ3v) is 9.64. The molecule has 0 fully saturated rings. The van der Waals surface area contributed by atoms with Gasteiger partial charge in [0.2, 0.25) is 0 Å². The van der Waals surface area contributed by atoms with Gasteiger partial charge in [0.15, 0.2) is 0 Å². The van der Waals surface area contributed by atoms with Crippen LogP contribution in [0.25, 0.3) is 55.1 Å². The highest BCUT2D eigenvalue weighted by molar-refractivity contribution is 6.17. The molecule has 1 aliphatic heterocycles. The lowest BCUT2D eigenvalue weighted by molar-refractivity contribution is 0.737. The summed E-state index contributed by atoms with van der Waals surface area (Å²) in [6.07, 6.45) is 9.05. The summed E-state index contributed by atoms with van der Waals surface area (Å²) in [7, 11) is 0. The summed E-state index contributed by atoms with van der Waals surface area (Å²) in [4.78, 5) is 7.95. The van der Waals surface area contributed by atoms with E-state index in [1.165, 1.54) is 43.8 Å². The van der Waals surface area contributed by atoms with E-state index < -0.39 is 0 Å². The maximum Gasteiger partial charge on any atom is 0.140 e. The van der Waals surface area contributed by atoms with Gasteiger partial charge in [-0.1, -0.05) is 109 Å². The van der Waals surface area contributed by atoms with Crippen molar-refractivity contribution in [2.75, 3.05) is 4.90 Å². The first-order chi connectivity index (χ1) is 22.4. The summed E-state index contributed by atoms with van der Waals surface area (Å²) in [6.45, 7) is 0. The zero-order chi connectivity index (χ0) is 29.5. The minimum atomic E-state index is 0.135. The fourth-order valence-electron chi connectivity index (χ4n) is 7.83. The lowest BCUT2D eigenvalue weighted by Gasteiger charge is -2.28. The minimum absolute atomic E-state index is 0.135. The summed E-state index contributed by atoms with van der Waals surface area (Å²) in [6, 6.07) is 48.0. The molecule has 212 valence electrons. The Morgan fingerprint density at radius 1 is 0.467 bits per heavy atom. The van der Waals surface area contributed by atoms with Crippen molar-refractivity contribution in [2.45, 2.75) is 12.0 Å². The molecule has 4 nitrogen and oxygen atoms in total. The number of fused-ring (bicyclic) bond motifs is 10. The number of rotatable bonds is 3. The zero-order valence-electron chi connectivity index (χ0n) is 24.5. The van der Waals surface area contributed by atoms with Crippen LogP contribution in [-0.2, 0) is 0 Å². The summed E-state index contributed by atoms with van der Waals surface area (Å²) in [5, 5.41) is 5.00. The number of pyridine rings is 1. The molecule has 0 radical (unpaired) electrons. The third-order valence-electron chi connectivity index (χ3n) is 9.64. The van der Waals surface area contributed by atoms with Gasteiger partial charge in [-0.2, -0.15) is 0 Å². The van der Waals surface area contributed by atoms with Crippen LogP contribution in [0.4, 0.5) is 11.5 Å². The van der Waals surface area contributed by atoms with Gasteiger partial charge in [-0.25, -0.2) is 4.98 Å². The molecule has 5 aromatic carbocycles. The lowest BCUT2D eigenvalue weighted by Crippen LogP contribution is -2.29. The van der Waals surface area contributed by atoms with Gasteiger partial charge < -0.3 is 9.47 Å². The fourth-order valence-corrected chi connectivity index (χ4v) is 7.83. The largest absolute Gasteiger partial charge is 0.317 e. The zero-order valence-corrected chi connectivity index (χ0v) is 24.5. The van der Waals surface area contributed by atoms with Gasteiger partial charge in [0.05, 0.1) is 33.8 Å². The molecule has 0 spiro atoms. The standard InChI is InChI=1S/C41H28N4/c1-2-13-27(14-3-1)43-36-22-11-7-18-32(36)40-37(43)26-25-31-30-17-6-10-21-35(30)45(41(31)40)39-24-12-23-38(42-39)44-33-19-8-4-15-28(33)29-16-5-9-20-34(29)44/h1-26,30,35H. The number of para-hydroxylation sites is 4. The van der Waals surface area contributed by atoms with Crippen molar-refractivity contribution in [3.8, 4) is 11.5 Å². The van der Waals surface area contributed by atoms with E-state index in [1.54, 1.807) is 0 Å². The van der Waals surface area contributed by atoms with Gasteiger partial charge in [0.25, 0.3) is 0 Å². The van der Waals surface area contributed by atoms with Crippen LogP contribution >= 0.6 is 0 Å². The van der Waals surface area contributed by atoms with Crippen LogP contribution in [0.5, 0.6) is 0 Å². The SMILES string of the molecule is C1=CC2c3ccc4c(c3N(c3cccc(-n5c6ccccc6c6ccccc65)n3)C2C=C1)c1ccccc1n4-c1ccccc1. The Morgan fingerprint density at radius 2 is 1.09 bits per heavy atom. The predicted molar refractivity (Wildman–Crippen MR) is 186 cm³/mol. The second-order valence-electron chi connectivity index (χ2n) is 12.0. The quantitative estimate of drug-likeness (QED) is 0.209. The lowest BCUT2D eigenvalue weighted by atomic mass is 9.91. The highest BCUT2D eigenvalue weighted by atomic mass is 15.3. The summed E-state index contributed by atoms with van der Waals surface area (Å²) in [5.74, 6) is 2.11. The van der Waals surface area contributed by atoms with E-state index in [0.29, 0.717) is 0 Å². The second-order valence-corrected chi connectivity index (χ2v) is 12.0. The maximum absolute atomic E-state index is 5.46. The molecule has 10 rings (SSSR count). The third kappa shape index (κ3) is 3.39. The van der Waals surface area contributed by atoms with Crippen LogP contribution in [0.2, 0.25) is 0 Å². The van der Waals surface area contributed by atoms with E-state index in [9.17, 15) is 0 Å². The molecule has 3 aromatic heterocycles. The molecule has 8 aromatic rings. The molecule has 0 bridgehead atoms. The number of hydrogen-bond acceptors (Lipinski definition) is 2. The van der Waals surface area contributed by atoms with Crippen LogP contribution in [0, 0.1) is 0 Å². The Morgan fingerprint density at radius 3 is 1.84 bits per heavy atom. The molecule has 4 heterocycles. The number of hydrogen-bond donors (Lipinski definition) is 0. The first kappa shape index (κ1) is 24.6. The number of aromatic nitrogens is 3. The Bertz CT molecular complexity index is 2460. The van der Waals surface area contributed by atoms with Gasteiger partial charge >= 0.3 is 0 Å². The van der Waals surface area contributed by atoms with Crippen molar-refractivity contribution >= 4 is 55.1 Å². The molecule has 0 N–H and O–H groups in total.